The molecule has 0 radical (unpaired) electrons. The second-order valence-corrected chi connectivity index (χ2v) is 6.23. The number of methoxy groups -OCH3 is 1. The second-order valence-electron chi connectivity index (χ2n) is 6.23. The molecule has 0 aliphatic heterocycles. The Morgan fingerprint density at radius 2 is 1.75 bits per heavy atom. The van der Waals surface area contributed by atoms with Gasteiger partial charge in [-0.25, -0.2) is 4.98 Å². The fourth-order valence-electron chi connectivity index (χ4n) is 3.43. The topological polar surface area (TPSA) is 27.1 Å². The molecule has 0 aliphatic carbocycles. The van der Waals surface area contributed by atoms with Crippen LogP contribution in [-0.4, -0.2) is 16.7 Å². The minimum atomic E-state index is 0.858. The third-order valence-electron chi connectivity index (χ3n) is 4.53. The first kappa shape index (κ1) is 16.6. The van der Waals surface area contributed by atoms with Gasteiger partial charge in [0.25, 0.3) is 0 Å². The summed E-state index contributed by atoms with van der Waals surface area (Å²) < 4.78 is 7.68. The smallest absolute Gasteiger partial charge is 0.140 e. The zero-order valence-corrected chi connectivity index (χ0v) is 14.9. The summed E-state index contributed by atoms with van der Waals surface area (Å²) in [5, 5.41) is 1.32. The van der Waals surface area contributed by atoms with E-state index in [1.54, 1.807) is 7.11 Å². The van der Waals surface area contributed by atoms with Crippen LogP contribution in [0.1, 0.15) is 43.5 Å². The van der Waals surface area contributed by atoms with Crippen molar-refractivity contribution in [3.8, 4) is 5.75 Å². The van der Waals surface area contributed by atoms with E-state index in [1.165, 1.54) is 22.2 Å². The molecule has 3 aromatic rings. The van der Waals surface area contributed by atoms with Gasteiger partial charge in [-0.05, 0) is 48.2 Å². The molecule has 0 fully saturated rings. The van der Waals surface area contributed by atoms with Crippen molar-refractivity contribution in [1.29, 1.82) is 0 Å². The quantitative estimate of drug-likeness (QED) is 0.612. The molecule has 24 heavy (non-hydrogen) atoms. The van der Waals surface area contributed by atoms with Gasteiger partial charge in [-0.2, -0.15) is 0 Å². The van der Waals surface area contributed by atoms with Gasteiger partial charge in [0.15, 0.2) is 0 Å². The maximum absolute atomic E-state index is 5.27. The average molecular weight is 322 g/mol. The number of ether oxygens (including phenoxy) is 1. The molecule has 2 heterocycles. The van der Waals surface area contributed by atoms with Crippen molar-refractivity contribution >= 4 is 11.0 Å². The van der Waals surface area contributed by atoms with Crippen LogP contribution in [-0.2, 0) is 19.4 Å². The Hall–Kier alpha value is -2.29. The van der Waals surface area contributed by atoms with E-state index in [9.17, 15) is 0 Å². The highest BCUT2D eigenvalue weighted by Crippen LogP contribution is 2.28. The van der Waals surface area contributed by atoms with Crippen LogP contribution >= 0.6 is 0 Å². The Morgan fingerprint density at radius 1 is 1.00 bits per heavy atom. The predicted octanol–water partition coefficient (Wildman–Crippen LogP) is 5.00. The third-order valence-corrected chi connectivity index (χ3v) is 4.53. The van der Waals surface area contributed by atoms with E-state index in [4.69, 9.17) is 9.72 Å². The molecule has 0 atom stereocenters. The first-order valence-corrected chi connectivity index (χ1v) is 8.86. The fourth-order valence-corrected chi connectivity index (χ4v) is 3.43. The number of aryl methyl sites for hydroxylation is 1. The van der Waals surface area contributed by atoms with Crippen molar-refractivity contribution in [2.45, 2.75) is 46.1 Å². The van der Waals surface area contributed by atoms with E-state index in [0.29, 0.717) is 0 Å². The lowest BCUT2D eigenvalue weighted by molar-refractivity contribution is 0.414. The number of benzene rings is 1. The van der Waals surface area contributed by atoms with Crippen molar-refractivity contribution in [2.75, 3.05) is 7.11 Å². The number of pyridine rings is 1. The van der Waals surface area contributed by atoms with Crippen LogP contribution in [0.15, 0.2) is 42.6 Å². The van der Waals surface area contributed by atoms with E-state index < -0.39 is 0 Å². The molecule has 3 rings (SSSR count). The number of fused-ring (bicyclic) bond motifs is 1. The van der Waals surface area contributed by atoms with Crippen LogP contribution in [0.4, 0.5) is 0 Å². The van der Waals surface area contributed by atoms with Gasteiger partial charge >= 0.3 is 0 Å². The van der Waals surface area contributed by atoms with Crippen molar-refractivity contribution < 1.29 is 4.74 Å². The highest BCUT2D eigenvalue weighted by molar-refractivity contribution is 5.82. The standard InChI is InChI=1S/C21H26N2O/c1-4-7-18-19-9-6-14-22-21(19)23(20(18)8-5-2)15-16-10-12-17(24-3)13-11-16/h6,9-14H,4-5,7-8,15H2,1-3H3. The molecule has 0 aliphatic rings. The normalized spacial score (nSPS) is 11.1. The van der Waals surface area contributed by atoms with Gasteiger partial charge < -0.3 is 9.30 Å². The van der Waals surface area contributed by atoms with Crippen LogP contribution in [0.2, 0.25) is 0 Å². The van der Waals surface area contributed by atoms with E-state index in [2.05, 4.69) is 42.7 Å². The average Bonchev–Trinajstić information content (AvgIpc) is 2.90. The van der Waals surface area contributed by atoms with Crippen molar-refractivity contribution in [3.63, 3.8) is 0 Å². The highest BCUT2D eigenvalue weighted by atomic mass is 16.5. The number of hydrogen-bond donors (Lipinski definition) is 0. The number of aromatic nitrogens is 2. The number of rotatable bonds is 7. The first-order chi connectivity index (χ1) is 11.8. The summed E-state index contributed by atoms with van der Waals surface area (Å²) in [5.74, 6) is 0.898. The van der Waals surface area contributed by atoms with Gasteiger partial charge in [-0.3, -0.25) is 0 Å². The maximum atomic E-state index is 5.27. The molecule has 1 aromatic carbocycles. The molecule has 0 bridgehead atoms. The molecule has 0 saturated carbocycles. The Kier molecular flexibility index (Phi) is 5.19. The molecule has 0 N–H and O–H groups in total. The summed E-state index contributed by atoms with van der Waals surface area (Å²) in [4.78, 5) is 4.70. The van der Waals surface area contributed by atoms with E-state index >= 15 is 0 Å². The summed E-state index contributed by atoms with van der Waals surface area (Å²) in [7, 11) is 1.70. The lowest BCUT2D eigenvalue weighted by Crippen LogP contribution is -2.06. The summed E-state index contributed by atoms with van der Waals surface area (Å²) >= 11 is 0. The highest BCUT2D eigenvalue weighted by Gasteiger charge is 2.16. The predicted molar refractivity (Wildman–Crippen MR) is 99.8 cm³/mol. The van der Waals surface area contributed by atoms with Crippen molar-refractivity contribution in [1.82, 2.24) is 9.55 Å². The van der Waals surface area contributed by atoms with Gasteiger partial charge in [0.1, 0.15) is 11.4 Å². The van der Waals surface area contributed by atoms with Crippen LogP contribution in [0, 0.1) is 0 Å². The van der Waals surface area contributed by atoms with Gasteiger partial charge in [0, 0.05) is 23.8 Å². The van der Waals surface area contributed by atoms with Gasteiger partial charge in [0.2, 0.25) is 0 Å². The molecule has 0 saturated heterocycles. The van der Waals surface area contributed by atoms with Crippen molar-refractivity contribution in [3.05, 3.63) is 59.4 Å². The molecular weight excluding hydrogens is 296 g/mol. The van der Waals surface area contributed by atoms with Gasteiger partial charge in [-0.1, -0.05) is 38.8 Å². The summed E-state index contributed by atoms with van der Waals surface area (Å²) in [6, 6.07) is 12.6. The molecule has 3 nitrogen and oxygen atoms in total. The van der Waals surface area contributed by atoms with Gasteiger partial charge in [-0.15, -0.1) is 0 Å². The van der Waals surface area contributed by atoms with Crippen LogP contribution < -0.4 is 4.74 Å². The molecule has 126 valence electrons. The Bertz CT molecular complexity index is 803. The van der Waals surface area contributed by atoms with E-state index in [-0.39, 0.29) is 0 Å². The maximum Gasteiger partial charge on any atom is 0.140 e. The monoisotopic (exact) mass is 322 g/mol. The summed E-state index contributed by atoms with van der Waals surface area (Å²) in [6.45, 7) is 5.35. The largest absolute Gasteiger partial charge is 0.497 e. The fraction of sp³-hybridized carbons (Fsp3) is 0.381. The van der Waals surface area contributed by atoms with Crippen LogP contribution in [0.5, 0.6) is 5.75 Å². The third kappa shape index (κ3) is 3.16. The number of nitrogens with zero attached hydrogens (tertiary/aromatic N) is 2. The zero-order chi connectivity index (χ0) is 16.9. The van der Waals surface area contributed by atoms with Crippen LogP contribution in [0.25, 0.3) is 11.0 Å². The van der Waals surface area contributed by atoms with Crippen molar-refractivity contribution in [2.24, 2.45) is 0 Å². The molecule has 2 aromatic heterocycles. The Labute approximate surface area is 144 Å². The van der Waals surface area contributed by atoms with Crippen LogP contribution in [0.3, 0.4) is 0 Å². The van der Waals surface area contributed by atoms with E-state index in [1.807, 2.05) is 18.3 Å². The summed E-state index contributed by atoms with van der Waals surface area (Å²) in [6.07, 6.45) is 6.43. The van der Waals surface area contributed by atoms with E-state index in [0.717, 1.165) is 43.6 Å². The molecule has 0 spiro atoms. The molecular formula is C21H26N2O. The molecule has 0 amide bonds. The molecule has 3 heteroatoms. The lowest BCUT2D eigenvalue weighted by Gasteiger charge is -2.12. The van der Waals surface area contributed by atoms with Gasteiger partial charge in [0.05, 0.1) is 7.11 Å². The Morgan fingerprint density at radius 3 is 2.42 bits per heavy atom. The molecule has 0 unspecified atom stereocenters. The Balaban J connectivity index is 2.08. The zero-order valence-electron chi connectivity index (χ0n) is 14.9. The lowest BCUT2D eigenvalue weighted by atomic mass is 10.0. The SMILES string of the molecule is CCCc1c(CCC)n(Cc2ccc(OC)cc2)c2ncccc12. The summed E-state index contributed by atoms with van der Waals surface area (Å²) in [5.41, 5.74) is 5.32. The first-order valence-electron chi connectivity index (χ1n) is 8.86. The second kappa shape index (κ2) is 7.52. The number of hydrogen-bond acceptors (Lipinski definition) is 2. The minimum Gasteiger partial charge on any atom is -0.497 e. The minimum absolute atomic E-state index is 0.858.